The van der Waals surface area contributed by atoms with Gasteiger partial charge in [0.05, 0.1) is 49.2 Å². The van der Waals surface area contributed by atoms with E-state index in [1.54, 1.807) is 13.8 Å². The van der Waals surface area contributed by atoms with Gasteiger partial charge in [0.25, 0.3) is 0 Å². The Labute approximate surface area is 268 Å². The molecule has 5 heterocycles. The number of carbonyl (C=O) groups excluding carboxylic acids is 2. The highest BCUT2D eigenvalue weighted by Gasteiger charge is 2.23. The Morgan fingerprint density at radius 2 is 1.04 bits per heavy atom. The molecule has 0 saturated heterocycles. The molecule has 3 aromatic heterocycles. The van der Waals surface area contributed by atoms with Gasteiger partial charge >= 0.3 is 11.9 Å². The SMILES string of the molecule is COC(=O)CCC1=C(C)c2cc3[nH]c(cc4[nH]c(cc5nc(cc1n2)C(C)=C5CCC(=O)OC)c(C(C)O)c4C)c(C(C)O)c3C. The molecule has 0 spiro atoms. The van der Waals surface area contributed by atoms with Crippen molar-refractivity contribution in [1.29, 1.82) is 0 Å². The molecule has 242 valence electrons. The normalized spacial score (nSPS) is 14.5. The van der Waals surface area contributed by atoms with Crippen LogP contribution in [0.1, 0.15) is 111 Å². The second-order valence-electron chi connectivity index (χ2n) is 12.0. The van der Waals surface area contributed by atoms with Crippen molar-refractivity contribution < 1.29 is 29.3 Å². The number of hydrogen-bond donors (Lipinski definition) is 4. The number of H-pyrrole nitrogens is 2. The maximum Gasteiger partial charge on any atom is 0.305 e. The van der Waals surface area contributed by atoms with Crippen molar-refractivity contribution in [2.75, 3.05) is 14.2 Å². The number of nitrogens with one attached hydrogen (secondary N) is 2. The highest BCUT2D eigenvalue weighted by molar-refractivity contribution is 5.96. The first-order chi connectivity index (χ1) is 21.8. The van der Waals surface area contributed by atoms with E-state index in [0.29, 0.717) is 35.4 Å². The molecule has 0 fully saturated rings. The molecule has 2 unspecified atom stereocenters. The minimum absolute atomic E-state index is 0.184. The summed E-state index contributed by atoms with van der Waals surface area (Å²) in [6.07, 6.45) is -0.290. The van der Waals surface area contributed by atoms with Gasteiger partial charge in [0.15, 0.2) is 0 Å². The lowest BCUT2D eigenvalue weighted by molar-refractivity contribution is -0.141. The van der Waals surface area contributed by atoms with Crippen LogP contribution in [0.3, 0.4) is 0 Å². The van der Waals surface area contributed by atoms with Gasteiger partial charge in [-0.15, -0.1) is 0 Å². The van der Waals surface area contributed by atoms with E-state index in [0.717, 1.165) is 66.8 Å². The largest absolute Gasteiger partial charge is 0.469 e. The van der Waals surface area contributed by atoms with E-state index < -0.39 is 12.2 Å². The molecule has 3 aromatic rings. The molecule has 0 saturated carbocycles. The lowest BCUT2D eigenvalue weighted by Gasteiger charge is -2.06. The topological polar surface area (TPSA) is 150 Å². The Balaban J connectivity index is 1.91. The average molecular weight is 627 g/mol. The maximum atomic E-state index is 12.2. The highest BCUT2D eigenvalue weighted by Crippen LogP contribution is 2.38. The van der Waals surface area contributed by atoms with Gasteiger partial charge in [0, 0.05) is 46.0 Å². The van der Waals surface area contributed by atoms with Crippen LogP contribution in [0.5, 0.6) is 0 Å². The zero-order valence-electron chi connectivity index (χ0n) is 27.7. The molecule has 0 aliphatic carbocycles. The smallest absolute Gasteiger partial charge is 0.305 e. The first-order valence-electron chi connectivity index (χ1n) is 15.5. The molecule has 10 nitrogen and oxygen atoms in total. The summed E-state index contributed by atoms with van der Waals surface area (Å²) in [6, 6.07) is 7.77. The zero-order valence-corrected chi connectivity index (χ0v) is 27.7. The van der Waals surface area contributed by atoms with Gasteiger partial charge in [-0.3, -0.25) is 9.59 Å². The lowest BCUT2D eigenvalue weighted by Crippen LogP contribution is -2.00. The van der Waals surface area contributed by atoms with Crippen LogP contribution in [0, 0.1) is 13.8 Å². The number of aliphatic hydroxyl groups is 2. The molecular weight excluding hydrogens is 584 g/mol. The standard InChI is InChI=1S/C36H42N4O6/c1-17-23(9-11-33(43)45-7)29-14-26-18(2)24(10-12-34(44)46-8)30(38-26)16-32-36(22(6)42)20(4)28(40-32)15-31-35(21(5)41)19(3)27(39-31)13-25(17)37-29/h13-16,21-22,39-42H,9-12H2,1-8H3. The Hall–Kier alpha value is -4.54. The summed E-state index contributed by atoms with van der Waals surface area (Å²) in [5, 5.41) is 21.7. The van der Waals surface area contributed by atoms with Crippen LogP contribution in [0.4, 0.5) is 0 Å². The monoisotopic (exact) mass is 626 g/mol. The molecule has 0 amide bonds. The van der Waals surface area contributed by atoms with E-state index in [1.165, 1.54) is 14.2 Å². The van der Waals surface area contributed by atoms with E-state index in [1.807, 2.05) is 52.0 Å². The van der Waals surface area contributed by atoms with Gasteiger partial charge in [-0.25, -0.2) is 9.97 Å². The number of aliphatic hydroxyl groups excluding tert-OH is 2. The van der Waals surface area contributed by atoms with Crippen LogP contribution in [0.2, 0.25) is 0 Å². The van der Waals surface area contributed by atoms with Gasteiger partial charge in [-0.2, -0.15) is 0 Å². The first-order valence-corrected chi connectivity index (χ1v) is 15.5. The number of hydrogen-bond acceptors (Lipinski definition) is 8. The number of rotatable bonds is 8. The van der Waals surface area contributed by atoms with E-state index in [4.69, 9.17) is 19.4 Å². The summed E-state index contributed by atoms with van der Waals surface area (Å²) in [5.41, 5.74) is 12.7. The number of nitrogens with zero attached hydrogens (tertiary/aromatic N) is 2. The number of ether oxygens (including phenoxy) is 2. The maximum absolute atomic E-state index is 12.2. The number of aromatic nitrogens is 4. The fraction of sp³-hybridized carbons (Fsp3) is 0.389. The van der Waals surface area contributed by atoms with Crippen molar-refractivity contribution in [1.82, 2.24) is 19.9 Å². The summed E-state index contributed by atoms with van der Waals surface area (Å²) in [4.78, 5) is 41.4. The van der Waals surface area contributed by atoms with Crippen LogP contribution in [0.25, 0.3) is 44.4 Å². The summed E-state index contributed by atoms with van der Waals surface area (Å²) in [7, 11) is 2.75. The fourth-order valence-electron chi connectivity index (χ4n) is 6.51. The van der Waals surface area contributed by atoms with Crippen molar-refractivity contribution in [3.8, 4) is 0 Å². The second kappa shape index (κ2) is 13.1. The van der Waals surface area contributed by atoms with Gasteiger partial charge in [-0.1, -0.05) is 0 Å². The van der Waals surface area contributed by atoms with E-state index in [2.05, 4.69) is 9.97 Å². The highest BCUT2D eigenvalue weighted by atomic mass is 16.5. The Bertz CT molecular complexity index is 1960. The number of methoxy groups -OCH3 is 2. The zero-order chi connectivity index (χ0) is 33.4. The molecule has 4 N–H and O–H groups in total. The fourth-order valence-corrected chi connectivity index (χ4v) is 6.51. The Kier molecular flexibility index (Phi) is 9.32. The molecule has 8 bridgehead atoms. The van der Waals surface area contributed by atoms with Gasteiger partial charge < -0.3 is 29.7 Å². The van der Waals surface area contributed by atoms with Crippen LogP contribution in [-0.2, 0) is 19.1 Å². The third-order valence-corrected chi connectivity index (χ3v) is 9.08. The molecule has 10 heteroatoms. The molecule has 46 heavy (non-hydrogen) atoms. The van der Waals surface area contributed by atoms with E-state index >= 15 is 0 Å². The molecule has 2 aliphatic rings. The first kappa shape index (κ1) is 32.8. The molecule has 0 radical (unpaired) electrons. The third-order valence-electron chi connectivity index (χ3n) is 9.08. The number of carbonyl (C=O) groups is 2. The minimum Gasteiger partial charge on any atom is -0.469 e. The van der Waals surface area contributed by atoms with E-state index in [-0.39, 0.29) is 24.8 Å². The summed E-state index contributed by atoms with van der Waals surface area (Å²) in [6.45, 7) is 11.4. The summed E-state index contributed by atoms with van der Waals surface area (Å²) < 4.78 is 9.85. The average Bonchev–Trinajstić information content (AvgIpc) is 3.67. The number of esters is 2. The molecule has 5 rings (SSSR count). The number of fused-ring (bicyclic) bond motifs is 8. The third kappa shape index (κ3) is 6.15. The Morgan fingerprint density at radius 1 is 0.652 bits per heavy atom. The van der Waals surface area contributed by atoms with Crippen molar-refractivity contribution >= 4 is 56.3 Å². The number of aromatic amines is 2. The minimum atomic E-state index is -0.773. The van der Waals surface area contributed by atoms with Crippen LogP contribution in [0.15, 0.2) is 24.3 Å². The lowest BCUT2D eigenvalue weighted by atomic mass is 9.98. The Morgan fingerprint density at radius 3 is 1.50 bits per heavy atom. The van der Waals surface area contributed by atoms with Crippen molar-refractivity contribution in [3.63, 3.8) is 0 Å². The van der Waals surface area contributed by atoms with E-state index in [9.17, 15) is 19.8 Å². The van der Waals surface area contributed by atoms with Crippen molar-refractivity contribution in [2.45, 2.75) is 79.4 Å². The van der Waals surface area contributed by atoms with Crippen LogP contribution in [-0.4, -0.2) is 56.3 Å². The number of aryl methyl sites for hydroxylation is 2. The summed E-state index contributed by atoms with van der Waals surface area (Å²) in [5.74, 6) is -0.628. The van der Waals surface area contributed by atoms with Gasteiger partial charge in [-0.05, 0) is 112 Å². The molecule has 0 aromatic carbocycles. The van der Waals surface area contributed by atoms with Crippen molar-refractivity contribution in [2.24, 2.45) is 0 Å². The predicted molar refractivity (Wildman–Crippen MR) is 179 cm³/mol. The quantitative estimate of drug-likeness (QED) is 0.199. The van der Waals surface area contributed by atoms with Crippen LogP contribution < -0.4 is 0 Å². The van der Waals surface area contributed by atoms with Gasteiger partial charge in [0.1, 0.15) is 0 Å². The molecular formula is C36H42N4O6. The molecule has 2 aliphatic heterocycles. The van der Waals surface area contributed by atoms with Gasteiger partial charge in [0.2, 0.25) is 0 Å². The summed E-state index contributed by atoms with van der Waals surface area (Å²) >= 11 is 0. The predicted octanol–water partition coefficient (Wildman–Crippen LogP) is 6.81. The van der Waals surface area contributed by atoms with Crippen LogP contribution >= 0.6 is 0 Å². The number of allylic oxidation sites excluding steroid dienone is 4. The second-order valence-corrected chi connectivity index (χ2v) is 12.0. The van der Waals surface area contributed by atoms with Crippen molar-refractivity contribution in [3.05, 3.63) is 69.3 Å². The molecule has 2 atom stereocenters.